The average Bonchev–Trinajstić information content (AvgIpc) is 2.78. The Kier molecular flexibility index (Phi) is 6.19. The van der Waals surface area contributed by atoms with Crippen LogP contribution in [0.25, 0.3) is 0 Å². The summed E-state index contributed by atoms with van der Waals surface area (Å²) >= 11 is 7.82. The third-order valence-electron chi connectivity index (χ3n) is 2.72. The highest BCUT2D eigenvalue weighted by Gasteiger charge is 2.32. The second-order valence-corrected chi connectivity index (χ2v) is 7.26. The minimum absolute atomic E-state index is 0.252. The van der Waals surface area contributed by atoms with E-state index in [0.29, 0.717) is 5.75 Å². The van der Waals surface area contributed by atoms with Gasteiger partial charge in [0.15, 0.2) is 5.17 Å². The lowest BCUT2D eigenvalue weighted by Crippen LogP contribution is -2.26. The summed E-state index contributed by atoms with van der Waals surface area (Å²) in [6.45, 7) is 0. The van der Waals surface area contributed by atoms with Crippen LogP contribution in [-0.2, 0) is 9.59 Å². The highest BCUT2D eigenvalue weighted by atomic mass is 79.9. The Morgan fingerprint density at radius 3 is 2.70 bits per heavy atom. The van der Waals surface area contributed by atoms with Crippen LogP contribution in [0.5, 0.6) is 5.75 Å². The first-order chi connectivity index (χ1) is 10.9. The van der Waals surface area contributed by atoms with Crippen LogP contribution in [0.1, 0.15) is 12.0 Å². The van der Waals surface area contributed by atoms with Crippen LogP contribution in [0, 0.1) is 0 Å². The number of carboxylic acids is 1. The Labute approximate surface area is 152 Å². The highest BCUT2D eigenvalue weighted by Crippen LogP contribution is 2.34. The number of hydrogen-bond acceptors (Lipinski definition) is 6. The maximum absolute atomic E-state index is 11.6. The summed E-state index contributed by atoms with van der Waals surface area (Å²) in [6.07, 6.45) is 1.26. The number of aliphatic carboxylic acids is 1. The lowest BCUT2D eigenvalue weighted by Gasteiger charge is -2.06. The molecule has 1 aliphatic rings. The van der Waals surface area contributed by atoms with Crippen LogP contribution >= 0.6 is 43.6 Å². The molecule has 1 amide bonds. The second-order valence-electron chi connectivity index (χ2n) is 4.36. The molecule has 1 heterocycles. The topological polar surface area (TPSA) is 100 Å². The molecule has 0 aliphatic carbocycles. The number of halogens is 2. The molecule has 0 aromatic heterocycles. The fourth-order valence-electron chi connectivity index (χ4n) is 1.74. The molecule has 23 heavy (non-hydrogen) atoms. The van der Waals surface area contributed by atoms with E-state index in [2.05, 4.69) is 47.4 Å². The van der Waals surface area contributed by atoms with E-state index in [1.165, 1.54) is 6.21 Å². The Balaban J connectivity index is 2.07. The van der Waals surface area contributed by atoms with Crippen molar-refractivity contribution in [3.8, 4) is 5.75 Å². The van der Waals surface area contributed by atoms with Gasteiger partial charge in [0.2, 0.25) is 5.91 Å². The van der Waals surface area contributed by atoms with Crippen LogP contribution in [-0.4, -0.2) is 40.7 Å². The predicted octanol–water partition coefficient (Wildman–Crippen LogP) is 2.62. The standard InChI is InChI=1S/C13H11Br2N3O4S/c1-22-11-7(14)2-6(3-8(11)15)5-16-18-13-17-12(21)9(23-13)4-10(19)20/h2-3,5,9H,4H2,1H3,(H,19,20)(H,17,18,21). The summed E-state index contributed by atoms with van der Waals surface area (Å²) in [5.74, 6) is -0.736. The van der Waals surface area contributed by atoms with Crippen molar-refractivity contribution in [1.82, 2.24) is 5.32 Å². The van der Waals surface area contributed by atoms with Gasteiger partial charge < -0.3 is 15.2 Å². The summed E-state index contributed by atoms with van der Waals surface area (Å²) in [7, 11) is 1.57. The molecule has 0 spiro atoms. The lowest BCUT2D eigenvalue weighted by atomic mass is 10.2. The molecule has 1 aromatic rings. The summed E-state index contributed by atoms with van der Waals surface area (Å²) in [4.78, 5) is 22.2. The molecule has 1 fully saturated rings. The van der Waals surface area contributed by atoms with E-state index in [0.717, 1.165) is 26.3 Å². The van der Waals surface area contributed by atoms with E-state index < -0.39 is 11.2 Å². The van der Waals surface area contributed by atoms with Gasteiger partial charge >= 0.3 is 5.97 Å². The molecule has 7 nitrogen and oxygen atoms in total. The summed E-state index contributed by atoms with van der Waals surface area (Å²) < 4.78 is 6.72. The molecule has 10 heteroatoms. The van der Waals surface area contributed by atoms with Crippen LogP contribution in [0.3, 0.4) is 0 Å². The van der Waals surface area contributed by atoms with Gasteiger partial charge in [0.25, 0.3) is 0 Å². The van der Waals surface area contributed by atoms with Crippen molar-refractivity contribution in [2.24, 2.45) is 10.2 Å². The molecule has 122 valence electrons. The Bertz CT molecular complexity index is 685. The first-order valence-corrected chi connectivity index (χ1v) is 8.70. The predicted molar refractivity (Wildman–Crippen MR) is 95.2 cm³/mol. The number of methoxy groups -OCH3 is 1. The monoisotopic (exact) mass is 463 g/mol. The molecule has 0 saturated carbocycles. The van der Waals surface area contributed by atoms with Gasteiger partial charge in [-0.15, -0.1) is 5.10 Å². The van der Waals surface area contributed by atoms with Gasteiger partial charge in [-0.1, -0.05) is 11.8 Å². The van der Waals surface area contributed by atoms with Crippen molar-refractivity contribution < 1.29 is 19.4 Å². The fourth-order valence-corrected chi connectivity index (χ4v) is 4.20. The van der Waals surface area contributed by atoms with Gasteiger partial charge in [0.1, 0.15) is 11.0 Å². The van der Waals surface area contributed by atoms with Gasteiger partial charge in [-0.3, -0.25) is 9.59 Å². The van der Waals surface area contributed by atoms with Crippen molar-refractivity contribution in [3.63, 3.8) is 0 Å². The van der Waals surface area contributed by atoms with E-state index in [1.54, 1.807) is 19.2 Å². The molecule has 1 atom stereocenters. The minimum Gasteiger partial charge on any atom is -0.494 e. The van der Waals surface area contributed by atoms with E-state index in [1.807, 2.05) is 0 Å². The zero-order valence-corrected chi connectivity index (χ0v) is 15.7. The average molecular weight is 465 g/mol. The summed E-state index contributed by atoms with van der Waals surface area (Å²) in [5.41, 5.74) is 0.769. The van der Waals surface area contributed by atoms with E-state index in [4.69, 9.17) is 9.84 Å². The smallest absolute Gasteiger partial charge is 0.305 e. The Morgan fingerprint density at radius 2 is 2.13 bits per heavy atom. The summed E-state index contributed by atoms with van der Waals surface area (Å²) in [5, 5.41) is 18.6. The molecule has 0 bridgehead atoms. The van der Waals surface area contributed by atoms with Gasteiger partial charge in [0, 0.05) is 0 Å². The van der Waals surface area contributed by atoms with Crippen LogP contribution < -0.4 is 10.1 Å². The second kappa shape index (κ2) is 7.93. The summed E-state index contributed by atoms with van der Waals surface area (Å²) in [6, 6.07) is 3.61. The molecular formula is C13H11Br2N3O4S. The lowest BCUT2D eigenvalue weighted by molar-refractivity contribution is -0.138. The fraction of sp³-hybridized carbons (Fsp3) is 0.231. The first kappa shape index (κ1) is 18.0. The molecule has 1 saturated heterocycles. The van der Waals surface area contributed by atoms with Crippen LogP contribution in [0.15, 0.2) is 31.3 Å². The number of amidine groups is 1. The Morgan fingerprint density at radius 1 is 1.48 bits per heavy atom. The van der Waals surface area contributed by atoms with E-state index in [9.17, 15) is 9.59 Å². The highest BCUT2D eigenvalue weighted by molar-refractivity contribution is 9.11. The van der Waals surface area contributed by atoms with Crippen molar-refractivity contribution in [1.29, 1.82) is 0 Å². The van der Waals surface area contributed by atoms with Crippen molar-refractivity contribution in [3.05, 3.63) is 26.6 Å². The number of thioether (sulfide) groups is 1. The largest absolute Gasteiger partial charge is 0.494 e. The van der Waals surface area contributed by atoms with Crippen LogP contribution in [0.2, 0.25) is 0 Å². The maximum atomic E-state index is 11.6. The number of nitrogens with zero attached hydrogens (tertiary/aromatic N) is 2. The van der Waals surface area contributed by atoms with Crippen molar-refractivity contribution >= 4 is 66.9 Å². The number of amides is 1. The van der Waals surface area contributed by atoms with Crippen molar-refractivity contribution in [2.75, 3.05) is 7.11 Å². The quantitative estimate of drug-likeness (QED) is 0.515. The maximum Gasteiger partial charge on any atom is 0.305 e. The van der Waals surface area contributed by atoms with Gasteiger partial charge in [-0.25, -0.2) is 0 Å². The number of nitrogens with one attached hydrogen (secondary N) is 1. The minimum atomic E-state index is -1.03. The van der Waals surface area contributed by atoms with Crippen LogP contribution in [0.4, 0.5) is 0 Å². The molecular weight excluding hydrogens is 454 g/mol. The number of ether oxygens (including phenoxy) is 1. The molecule has 0 radical (unpaired) electrons. The molecule has 1 unspecified atom stereocenters. The van der Waals surface area contributed by atoms with Gasteiger partial charge in [0.05, 0.1) is 28.7 Å². The number of carbonyl (C=O) groups is 2. The molecule has 1 aliphatic heterocycles. The number of hydrogen-bond donors (Lipinski definition) is 2. The zero-order chi connectivity index (χ0) is 17.0. The first-order valence-electron chi connectivity index (χ1n) is 6.24. The third kappa shape index (κ3) is 4.79. The molecule has 2 N–H and O–H groups in total. The number of carbonyl (C=O) groups excluding carboxylic acids is 1. The van der Waals surface area contributed by atoms with E-state index >= 15 is 0 Å². The zero-order valence-electron chi connectivity index (χ0n) is 11.7. The van der Waals surface area contributed by atoms with Gasteiger partial charge in [-0.2, -0.15) is 5.10 Å². The SMILES string of the molecule is COc1c(Br)cc(C=NN=C2NC(=O)C(CC(=O)O)S2)cc1Br. The van der Waals surface area contributed by atoms with Gasteiger partial charge in [-0.05, 0) is 49.6 Å². The molecule has 2 rings (SSSR count). The number of rotatable bonds is 5. The number of benzene rings is 1. The van der Waals surface area contributed by atoms with Crippen molar-refractivity contribution in [2.45, 2.75) is 11.7 Å². The van der Waals surface area contributed by atoms with E-state index in [-0.39, 0.29) is 17.5 Å². The normalized spacial score (nSPS) is 19.3. The number of carboxylic acid groups (broad SMARTS) is 1. The third-order valence-corrected chi connectivity index (χ3v) is 4.97. The Hall–Kier alpha value is -1.39. The molecule has 1 aromatic carbocycles.